The second kappa shape index (κ2) is 4.72. The van der Waals surface area contributed by atoms with E-state index in [0.29, 0.717) is 12.8 Å². The summed E-state index contributed by atoms with van der Waals surface area (Å²) in [6.45, 7) is 2.71. The highest BCUT2D eigenvalue weighted by Crippen LogP contribution is 2.41. The van der Waals surface area contributed by atoms with Crippen molar-refractivity contribution in [3.8, 4) is 0 Å². The normalized spacial score (nSPS) is 22.6. The number of hydrogen-bond donors (Lipinski definition) is 1. The molecule has 0 aliphatic heterocycles. The maximum atomic E-state index is 13.0. The molecule has 1 atom stereocenters. The van der Waals surface area contributed by atoms with Crippen LogP contribution in [-0.4, -0.2) is 20.8 Å². The SMILES string of the molecule is CCn1cc(C(O)C2CCC(F)(F)CC2)cn1. The number of aromatic nitrogens is 2. The fourth-order valence-electron chi connectivity index (χ4n) is 2.36. The van der Waals surface area contributed by atoms with Crippen LogP contribution in [0, 0.1) is 5.92 Å². The van der Waals surface area contributed by atoms with Gasteiger partial charge in [-0.05, 0) is 25.7 Å². The van der Waals surface area contributed by atoms with Gasteiger partial charge in [0, 0.05) is 31.1 Å². The highest BCUT2D eigenvalue weighted by Gasteiger charge is 2.37. The summed E-state index contributed by atoms with van der Waals surface area (Å²) in [7, 11) is 0. The second-order valence-corrected chi connectivity index (χ2v) is 4.77. The fourth-order valence-corrected chi connectivity index (χ4v) is 2.36. The zero-order chi connectivity index (χ0) is 12.5. The van der Waals surface area contributed by atoms with E-state index in [1.165, 1.54) is 0 Å². The molecule has 2 rings (SSSR count). The third kappa shape index (κ3) is 2.83. The summed E-state index contributed by atoms with van der Waals surface area (Å²) < 4.78 is 27.7. The number of hydrogen-bond acceptors (Lipinski definition) is 2. The van der Waals surface area contributed by atoms with Crippen molar-refractivity contribution >= 4 is 0 Å². The van der Waals surface area contributed by atoms with Gasteiger partial charge >= 0.3 is 0 Å². The van der Waals surface area contributed by atoms with E-state index in [1.54, 1.807) is 17.1 Å². The Morgan fingerprint density at radius 3 is 2.71 bits per heavy atom. The van der Waals surface area contributed by atoms with E-state index in [2.05, 4.69) is 5.10 Å². The Morgan fingerprint density at radius 1 is 1.53 bits per heavy atom. The van der Waals surface area contributed by atoms with Gasteiger partial charge in [-0.25, -0.2) is 8.78 Å². The minimum absolute atomic E-state index is 0.0656. The number of rotatable bonds is 3. The fraction of sp³-hybridized carbons (Fsp3) is 0.750. The molecule has 1 aliphatic rings. The van der Waals surface area contributed by atoms with Gasteiger partial charge in [0.15, 0.2) is 0 Å². The van der Waals surface area contributed by atoms with Crippen molar-refractivity contribution in [2.45, 2.75) is 51.2 Å². The van der Waals surface area contributed by atoms with Crippen molar-refractivity contribution in [1.82, 2.24) is 9.78 Å². The zero-order valence-corrected chi connectivity index (χ0v) is 9.94. The number of alkyl halides is 2. The van der Waals surface area contributed by atoms with Gasteiger partial charge in [-0.15, -0.1) is 0 Å². The number of aryl methyl sites for hydroxylation is 1. The molecule has 96 valence electrons. The van der Waals surface area contributed by atoms with Crippen LogP contribution < -0.4 is 0 Å². The van der Waals surface area contributed by atoms with Gasteiger partial charge in [0.25, 0.3) is 0 Å². The molecule has 0 bridgehead atoms. The molecule has 3 nitrogen and oxygen atoms in total. The Balaban J connectivity index is 1.98. The van der Waals surface area contributed by atoms with Gasteiger partial charge in [0.2, 0.25) is 5.92 Å². The van der Waals surface area contributed by atoms with Crippen molar-refractivity contribution in [3.63, 3.8) is 0 Å². The van der Waals surface area contributed by atoms with Gasteiger partial charge in [-0.1, -0.05) is 0 Å². The van der Waals surface area contributed by atoms with Crippen LogP contribution in [0.25, 0.3) is 0 Å². The van der Waals surface area contributed by atoms with Crippen LogP contribution >= 0.6 is 0 Å². The van der Waals surface area contributed by atoms with E-state index < -0.39 is 12.0 Å². The van der Waals surface area contributed by atoms with E-state index in [0.717, 1.165) is 12.1 Å². The summed E-state index contributed by atoms with van der Waals surface area (Å²) in [6, 6.07) is 0. The summed E-state index contributed by atoms with van der Waals surface area (Å²) in [4.78, 5) is 0. The lowest BCUT2D eigenvalue weighted by Crippen LogP contribution is -2.27. The summed E-state index contributed by atoms with van der Waals surface area (Å²) >= 11 is 0. The van der Waals surface area contributed by atoms with E-state index in [4.69, 9.17) is 0 Å². The highest BCUT2D eigenvalue weighted by molar-refractivity contribution is 5.09. The molecule has 0 saturated heterocycles. The maximum Gasteiger partial charge on any atom is 0.248 e. The molecule has 1 unspecified atom stereocenters. The largest absolute Gasteiger partial charge is 0.388 e. The summed E-state index contributed by atoms with van der Waals surface area (Å²) in [5.41, 5.74) is 0.738. The Morgan fingerprint density at radius 2 is 2.18 bits per heavy atom. The van der Waals surface area contributed by atoms with E-state index in [9.17, 15) is 13.9 Å². The number of aliphatic hydroxyl groups excluding tert-OH is 1. The Hall–Kier alpha value is -0.970. The lowest BCUT2D eigenvalue weighted by atomic mass is 9.82. The van der Waals surface area contributed by atoms with E-state index >= 15 is 0 Å². The first-order chi connectivity index (χ1) is 8.02. The molecule has 1 fully saturated rings. The molecule has 0 aromatic carbocycles. The molecule has 1 aromatic rings. The quantitative estimate of drug-likeness (QED) is 0.887. The number of halogens is 2. The number of aliphatic hydroxyl groups is 1. The van der Waals surface area contributed by atoms with Crippen molar-refractivity contribution in [3.05, 3.63) is 18.0 Å². The third-order valence-electron chi connectivity index (χ3n) is 3.53. The summed E-state index contributed by atoms with van der Waals surface area (Å²) in [5.74, 6) is -2.60. The molecular weight excluding hydrogens is 226 g/mol. The van der Waals surface area contributed by atoms with E-state index in [1.807, 2.05) is 6.92 Å². The highest BCUT2D eigenvalue weighted by atomic mass is 19.3. The lowest BCUT2D eigenvalue weighted by molar-refractivity contribution is -0.0627. The first-order valence-electron chi connectivity index (χ1n) is 6.10. The average Bonchev–Trinajstić information content (AvgIpc) is 2.76. The minimum atomic E-state index is -2.54. The van der Waals surface area contributed by atoms with Crippen molar-refractivity contribution in [1.29, 1.82) is 0 Å². The van der Waals surface area contributed by atoms with Gasteiger partial charge in [-0.2, -0.15) is 5.10 Å². The monoisotopic (exact) mass is 244 g/mol. The number of nitrogens with zero attached hydrogens (tertiary/aromatic N) is 2. The standard InChI is InChI=1S/C12H18F2N2O/c1-2-16-8-10(7-15-16)11(17)9-3-5-12(13,14)6-4-9/h7-9,11,17H,2-6H2,1H3. The van der Waals surface area contributed by atoms with Crippen LogP contribution in [0.15, 0.2) is 12.4 Å². The van der Waals surface area contributed by atoms with Crippen LogP contribution in [0.3, 0.4) is 0 Å². The van der Waals surface area contributed by atoms with Crippen LogP contribution in [-0.2, 0) is 6.54 Å². The van der Waals surface area contributed by atoms with Gasteiger partial charge in [0.05, 0.1) is 12.3 Å². The molecule has 1 N–H and O–H groups in total. The summed E-state index contributed by atoms with van der Waals surface area (Å²) in [5, 5.41) is 14.2. The molecule has 0 spiro atoms. The van der Waals surface area contributed by atoms with E-state index in [-0.39, 0.29) is 18.8 Å². The zero-order valence-electron chi connectivity index (χ0n) is 9.94. The first kappa shape index (κ1) is 12.5. The van der Waals surface area contributed by atoms with Crippen LogP contribution in [0.4, 0.5) is 8.78 Å². The Labute approximate surface area is 99.4 Å². The molecule has 5 heteroatoms. The Bertz CT molecular complexity index is 368. The molecule has 17 heavy (non-hydrogen) atoms. The predicted molar refractivity (Wildman–Crippen MR) is 59.8 cm³/mol. The summed E-state index contributed by atoms with van der Waals surface area (Å²) in [6.07, 6.45) is 3.29. The lowest BCUT2D eigenvalue weighted by Gasteiger charge is -2.30. The van der Waals surface area contributed by atoms with Crippen LogP contribution in [0.1, 0.15) is 44.3 Å². The predicted octanol–water partition coefficient (Wildman–Crippen LogP) is 2.76. The van der Waals surface area contributed by atoms with Crippen LogP contribution in [0.2, 0.25) is 0 Å². The molecule has 1 aromatic heterocycles. The Kier molecular flexibility index (Phi) is 3.47. The molecule has 0 radical (unpaired) electrons. The van der Waals surface area contributed by atoms with Gasteiger partial charge < -0.3 is 5.11 Å². The molecule has 1 heterocycles. The molecule has 1 aliphatic carbocycles. The first-order valence-corrected chi connectivity index (χ1v) is 6.10. The molecule has 1 saturated carbocycles. The van der Waals surface area contributed by atoms with Crippen molar-refractivity contribution < 1.29 is 13.9 Å². The molecule has 0 amide bonds. The van der Waals surface area contributed by atoms with Gasteiger partial charge in [-0.3, -0.25) is 4.68 Å². The topological polar surface area (TPSA) is 38.0 Å². The average molecular weight is 244 g/mol. The smallest absolute Gasteiger partial charge is 0.248 e. The van der Waals surface area contributed by atoms with Crippen molar-refractivity contribution in [2.75, 3.05) is 0 Å². The molecular formula is C12H18F2N2O. The third-order valence-corrected chi connectivity index (χ3v) is 3.53. The minimum Gasteiger partial charge on any atom is -0.388 e. The second-order valence-electron chi connectivity index (χ2n) is 4.77. The maximum absolute atomic E-state index is 13.0. The van der Waals surface area contributed by atoms with Crippen molar-refractivity contribution in [2.24, 2.45) is 5.92 Å². The van der Waals surface area contributed by atoms with Crippen LogP contribution in [0.5, 0.6) is 0 Å². The van der Waals surface area contributed by atoms with Gasteiger partial charge in [0.1, 0.15) is 0 Å².